The molecule has 1 unspecified atom stereocenters. The number of rotatable bonds is 6. The second kappa shape index (κ2) is 9.03. The zero-order valence-corrected chi connectivity index (χ0v) is 18.3. The molecule has 2 fully saturated rings. The number of aromatic nitrogens is 1. The summed E-state index contributed by atoms with van der Waals surface area (Å²) < 4.78 is 5.57. The third kappa shape index (κ3) is 4.10. The van der Waals surface area contributed by atoms with E-state index in [1.165, 1.54) is 0 Å². The molecule has 1 amide bonds. The summed E-state index contributed by atoms with van der Waals surface area (Å²) in [5.41, 5.74) is 7.18. The fourth-order valence-electron chi connectivity index (χ4n) is 4.95. The lowest BCUT2D eigenvalue weighted by molar-refractivity contribution is -0.109. The zero-order valence-electron chi connectivity index (χ0n) is 16.7. The van der Waals surface area contributed by atoms with E-state index in [0.29, 0.717) is 39.1 Å². The van der Waals surface area contributed by atoms with Crippen LogP contribution < -0.4 is 16.8 Å². The highest BCUT2D eigenvalue weighted by molar-refractivity contribution is 9.10. The minimum Gasteiger partial charge on any atom is -0.408 e. The first kappa shape index (κ1) is 21.3. The van der Waals surface area contributed by atoms with Crippen molar-refractivity contribution in [1.29, 1.82) is 0 Å². The fraction of sp³-hybridized carbons (Fsp3) is 0.524. The lowest BCUT2D eigenvalue weighted by atomic mass is 9.83. The van der Waals surface area contributed by atoms with E-state index in [2.05, 4.69) is 31.1 Å². The van der Waals surface area contributed by atoms with Gasteiger partial charge in [-0.25, -0.2) is 4.79 Å². The highest BCUT2D eigenvalue weighted by Gasteiger charge is 2.36. The molecule has 2 saturated heterocycles. The summed E-state index contributed by atoms with van der Waals surface area (Å²) in [6, 6.07) is 2.60. The van der Waals surface area contributed by atoms with Crippen LogP contribution in [0.5, 0.6) is 0 Å². The Balaban J connectivity index is 1.67. The smallest absolute Gasteiger partial charge is 0.408 e. The van der Waals surface area contributed by atoms with Crippen molar-refractivity contribution in [2.24, 2.45) is 11.7 Å². The minimum atomic E-state index is -0.625. The molecule has 1 radical (unpaired) electrons. The van der Waals surface area contributed by atoms with Crippen molar-refractivity contribution in [3.05, 3.63) is 38.3 Å². The van der Waals surface area contributed by atoms with E-state index in [9.17, 15) is 14.4 Å². The number of aromatic amines is 1. The Morgan fingerprint density at radius 2 is 2.07 bits per heavy atom. The third-order valence-electron chi connectivity index (χ3n) is 6.34. The second-order valence-electron chi connectivity index (χ2n) is 8.11. The molecule has 3 heterocycles. The number of hydrogen-bond acceptors (Lipinski definition) is 6. The van der Waals surface area contributed by atoms with Crippen molar-refractivity contribution in [2.75, 3.05) is 19.6 Å². The van der Waals surface area contributed by atoms with Crippen LogP contribution in [0.15, 0.2) is 19.8 Å². The van der Waals surface area contributed by atoms with E-state index in [1.807, 2.05) is 0 Å². The number of primary amides is 1. The summed E-state index contributed by atoms with van der Waals surface area (Å²) in [5.74, 6) is -0.687. The molecule has 0 saturated carbocycles. The van der Waals surface area contributed by atoms with Gasteiger partial charge in [0.05, 0.1) is 10.0 Å². The van der Waals surface area contributed by atoms with E-state index in [-0.39, 0.29) is 12.0 Å². The van der Waals surface area contributed by atoms with Gasteiger partial charge in [0, 0.05) is 12.5 Å². The molecule has 0 spiro atoms. The molecule has 2 aromatic rings. The first-order valence-electron chi connectivity index (χ1n) is 10.4. The van der Waals surface area contributed by atoms with E-state index >= 15 is 0 Å². The average Bonchev–Trinajstić information content (AvgIpc) is 3.13. The number of halogens is 1. The molecule has 1 aromatic carbocycles. The highest BCUT2D eigenvalue weighted by Crippen LogP contribution is 2.35. The van der Waals surface area contributed by atoms with Crippen molar-refractivity contribution < 1.29 is 14.0 Å². The maximum Gasteiger partial charge on any atom is 0.417 e. The van der Waals surface area contributed by atoms with Gasteiger partial charge in [-0.15, -0.1) is 0 Å². The second-order valence-corrected chi connectivity index (χ2v) is 8.90. The van der Waals surface area contributed by atoms with Crippen LogP contribution in [-0.2, 0) is 11.2 Å². The quantitative estimate of drug-likeness (QED) is 0.547. The van der Waals surface area contributed by atoms with Crippen LogP contribution in [-0.4, -0.2) is 47.8 Å². The van der Waals surface area contributed by atoms with Gasteiger partial charge >= 0.3 is 5.76 Å². The number of aldehydes is 1. The molecule has 2 aliphatic heterocycles. The number of carbonyl (C=O) groups is 2. The molecule has 1 atom stereocenters. The number of oxazole rings is 1. The third-order valence-corrected chi connectivity index (χ3v) is 7.13. The molecular formula is C21H26BrN4O4. The summed E-state index contributed by atoms with van der Waals surface area (Å²) in [6.45, 7) is 2.85. The zero-order chi connectivity index (χ0) is 21.3. The van der Waals surface area contributed by atoms with E-state index in [0.717, 1.165) is 58.0 Å². The summed E-state index contributed by atoms with van der Waals surface area (Å²) in [6.07, 6.45) is 6.63. The van der Waals surface area contributed by atoms with Crippen LogP contribution in [0.1, 0.15) is 48.0 Å². The number of carbonyl (C=O) groups excluding carboxylic acids is 2. The van der Waals surface area contributed by atoms with Crippen LogP contribution in [0.2, 0.25) is 0 Å². The Hall–Kier alpha value is -1.97. The van der Waals surface area contributed by atoms with Gasteiger partial charge in [-0.2, -0.15) is 0 Å². The standard InChI is InChI=1S/C21H26BrN4O4/c22-18-17(20(23)28)13(10-16-19(18)25-21(29)30-16)9-14(11-27)26-8-2-1-3-15(26)12-4-6-24-7-5-12/h10-12,15,24H,1-9H2,(H2,23,28)(H,25,29). The molecular weight excluding hydrogens is 452 g/mol. The average molecular weight is 478 g/mol. The van der Waals surface area contributed by atoms with Crippen molar-refractivity contribution in [3.63, 3.8) is 0 Å². The topological polar surface area (TPSA) is 121 Å². The van der Waals surface area contributed by atoms with Gasteiger partial charge in [0.15, 0.2) is 5.58 Å². The molecule has 8 nitrogen and oxygen atoms in total. The SMILES string of the molecule is NC(=O)c1c(C[C](C=O)N2CCCCC2C2CCNCC2)cc2oc(=O)[nH]c2c1Br. The molecule has 4 rings (SSSR count). The summed E-state index contributed by atoms with van der Waals surface area (Å²) >= 11 is 3.38. The van der Waals surface area contributed by atoms with Crippen molar-refractivity contribution in [1.82, 2.24) is 15.2 Å². The van der Waals surface area contributed by atoms with Crippen LogP contribution in [0.25, 0.3) is 11.1 Å². The normalized spacial score (nSPS) is 21.3. The number of fused-ring (bicyclic) bond motifs is 1. The summed E-state index contributed by atoms with van der Waals surface area (Å²) in [7, 11) is 0. The van der Waals surface area contributed by atoms with Gasteiger partial charge in [-0.1, -0.05) is 6.42 Å². The molecule has 1 aromatic heterocycles. The van der Waals surface area contributed by atoms with Crippen molar-refractivity contribution >= 4 is 39.2 Å². The van der Waals surface area contributed by atoms with Gasteiger partial charge < -0.3 is 20.3 Å². The molecule has 2 aliphatic rings. The number of H-pyrrole nitrogens is 1. The van der Waals surface area contributed by atoms with E-state index < -0.39 is 11.7 Å². The van der Waals surface area contributed by atoms with Crippen molar-refractivity contribution in [3.8, 4) is 0 Å². The first-order valence-corrected chi connectivity index (χ1v) is 11.2. The lowest BCUT2D eigenvalue weighted by Crippen LogP contribution is -2.49. The van der Waals surface area contributed by atoms with E-state index in [1.54, 1.807) is 6.07 Å². The van der Waals surface area contributed by atoms with Crippen LogP contribution in [0.4, 0.5) is 0 Å². The summed E-state index contributed by atoms with van der Waals surface area (Å²) in [4.78, 5) is 40.8. The molecule has 4 N–H and O–H groups in total. The van der Waals surface area contributed by atoms with Gasteiger partial charge in [0.25, 0.3) is 0 Å². The van der Waals surface area contributed by atoms with Gasteiger partial charge in [-0.05, 0) is 78.8 Å². The van der Waals surface area contributed by atoms with Crippen molar-refractivity contribution in [2.45, 2.75) is 44.6 Å². The number of nitrogens with two attached hydrogens (primary N) is 1. The number of nitrogens with zero attached hydrogens (tertiary/aromatic N) is 1. The Morgan fingerprint density at radius 3 is 2.77 bits per heavy atom. The Bertz CT molecular complexity index is 995. The monoisotopic (exact) mass is 477 g/mol. The largest absolute Gasteiger partial charge is 0.417 e. The first-order chi connectivity index (χ1) is 14.5. The molecule has 161 valence electrons. The van der Waals surface area contributed by atoms with Gasteiger partial charge in [0.2, 0.25) is 5.91 Å². The number of amides is 1. The highest BCUT2D eigenvalue weighted by atomic mass is 79.9. The lowest BCUT2D eigenvalue weighted by Gasteiger charge is -2.44. The van der Waals surface area contributed by atoms with E-state index in [4.69, 9.17) is 10.2 Å². The molecule has 0 bridgehead atoms. The Kier molecular flexibility index (Phi) is 6.40. The molecule has 30 heavy (non-hydrogen) atoms. The summed E-state index contributed by atoms with van der Waals surface area (Å²) in [5, 5.41) is 3.41. The van der Waals surface area contributed by atoms with Gasteiger partial charge in [-0.3, -0.25) is 14.7 Å². The molecule has 0 aliphatic carbocycles. The van der Waals surface area contributed by atoms with Crippen LogP contribution in [0.3, 0.4) is 0 Å². The number of benzene rings is 1. The number of piperidine rings is 2. The number of hydrogen-bond donors (Lipinski definition) is 3. The predicted octanol–water partition coefficient (Wildman–Crippen LogP) is 2.11. The minimum absolute atomic E-state index is 0.257. The fourth-order valence-corrected chi connectivity index (χ4v) is 5.69. The van der Waals surface area contributed by atoms with Gasteiger partial charge in [0.1, 0.15) is 17.8 Å². The Labute approximate surface area is 182 Å². The van der Waals surface area contributed by atoms with Crippen LogP contribution >= 0.6 is 15.9 Å². The number of nitrogens with one attached hydrogen (secondary N) is 2. The van der Waals surface area contributed by atoms with Crippen LogP contribution in [0, 0.1) is 12.0 Å². The predicted molar refractivity (Wildman–Crippen MR) is 116 cm³/mol. The Morgan fingerprint density at radius 1 is 1.30 bits per heavy atom. The maximum atomic E-state index is 12.2. The molecule has 9 heteroatoms. The maximum absolute atomic E-state index is 12.2. The number of likely N-dealkylation sites (tertiary alicyclic amines) is 1.